The van der Waals surface area contributed by atoms with Crippen molar-refractivity contribution in [3.05, 3.63) is 59.5 Å². The summed E-state index contributed by atoms with van der Waals surface area (Å²) in [5, 5.41) is 0. The van der Waals surface area contributed by atoms with Crippen LogP contribution in [0.2, 0.25) is 0 Å². The van der Waals surface area contributed by atoms with Crippen LogP contribution in [0.15, 0.2) is 48.4 Å². The zero-order valence-electron chi connectivity index (χ0n) is 17.8. The normalized spacial score (nSPS) is 13.8. The Labute approximate surface area is 176 Å². The Kier molecular flexibility index (Phi) is 6.72. The largest absolute Gasteiger partial charge is 0.493 e. The highest BCUT2D eigenvalue weighted by molar-refractivity contribution is 6.35. The van der Waals surface area contributed by atoms with Crippen LogP contribution in [-0.2, 0) is 16.0 Å². The molecule has 0 radical (unpaired) electrons. The van der Waals surface area contributed by atoms with Gasteiger partial charge in [0, 0.05) is 32.0 Å². The van der Waals surface area contributed by atoms with Crippen molar-refractivity contribution < 1.29 is 19.1 Å². The van der Waals surface area contributed by atoms with Gasteiger partial charge in [-0.2, -0.15) is 0 Å². The van der Waals surface area contributed by atoms with Crippen molar-refractivity contribution in [2.45, 2.75) is 20.3 Å². The van der Waals surface area contributed by atoms with Gasteiger partial charge in [-0.05, 0) is 55.7 Å². The Hall–Kier alpha value is -3.35. The fourth-order valence-electron chi connectivity index (χ4n) is 3.64. The summed E-state index contributed by atoms with van der Waals surface area (Å²) < 4.78 is 10.7. The number of imide groups is 1. The van der Waals surface area contributed by atoms with Crippen molar-refractivity contribution >= 4 is 17.4 Å². The first kappa shape index (κ1) is 21.4. The summed E-state index contributed by atoms with van der Waals surface area (Å²) in [7, 11) is 3.10. The molecule has 0 saturated carbocycles. The first-order chi connectivity index (χ1) is 14.5. The standard InChI is InChI=1S/C23H27N3O4/c1-5-25(14-11-16-9-12-24-13-10-16)21-20(22(27)26(6-2)23(21)28)17-7-8-18(29-3)19(15-17)30-4/h7-10,12-13,15H,5-6,11,14H2,1-4H3. The third-order valence-corrected chi connectivity index (χ3v) is 5.25. The van der Waals surface area contributed by atoms with Crippen molar-refractivity contribution in [3.63, 3.8) is 0 Å². The number of carbonyl (C=O) groups is 2. The third-order valence-electron chi connectivity index (χ3n) is 5.25. The molecule has 0 fully saturated rings. The summed E-state index contributed by atoms with van der Waals surface area (Å²) >= 11 is 0. The molecule has 30 heavy (non-hydrogen) atoms. The molecule has 158 valence electrons. The van der Waals surface area contributed by atoms with Crippen molar-refractivity contribution in [1.82, 2.24) is 14.8 Å². The third kappa shape index (κ3) is 4.01. The van der Waals surface area contributed by atoms with E-state index in [2.05, 4.69) is 4.98 Å². The minimum absolute atomic E-state index is 0.260. The maximum absolute atomic E-state index is 13.2. The van der Waals surface area contributed by atoms with E-state index in [0.29, 0.717) is 48.0 Å². The second-order valence-corrected chi connectivity index (χ2v) is 6.83. The van der Waals surface area contributed by atoms with Crippen LogP contribution in [0, 0.1) is 0 Å². The number of aromatic nitrogens is 1. The molecule has 0 unspecified atom stereocenters. The van der Waals surface area contributed by atoms with Gasteiger partial charge in [0.1, 0.15) is 5.70 Å². The average molecular weight is 409 g/mol. The molecule has 1 aliphatic rings. The number of benzene rings is 1. The Bertz CT molecular complexity index is 956. The smallest absolute Gasteiger partial charge is 0.277 e. The van der Waals surface area contributed by atoms with E-state index in [4.69, 9.17) is 9.47 Å². The molecule has 0 N–H and O–H groups in total. The maximum atomic E-state index is 13.2. The lowest BCUT2D eigenvalue weighted by molar-refractivity contribution is -0.137. The highest BCUT2D eigenvalue weighted by Crippen LogP contribution is 2.36. The molecule has 0 aliphatic carbocycles. The number of nitrogens with zero attached hydrogens (tertiary/aromatic N) is 3. The molecule has 0 bridgehead atoms. The predicted molar refractivity (Wildman–Crippen MR) is 114 cm³/mol. The Morgan fingerprint density at radius 1 is 0.967 bits per heavy atom. The van der Waals surface area contributed by atoms with E-state index >= 15 is 0 Å². The van der Waals surface area contributed by atoms with Crippen LogP contribution >= 0.6 is 0 Å². The lowest BCUT2D eigenvalue weighted by Crippen LogP contribution is -2.35. The molecule has 1 aliphatic heterocycles. The topological polar surface area (TPSA) is 72.0 Å². The molecule has 7 heteroatoms. The highest BCUT2D eigenvalue weighted by Gasteiger charge is 2.40. The Morgan fingerprint density at radius 2 is 1.67 bits per heavy atom. The minimum Gasteiger partial charge on any atom is -0.493 e. The van der Waals surface area contributed by atoms with Crippen LogP contribution in [0.4, 0.5) is 0 Å². The SMILES string of the molecule is CCN(CCc1ccncc1)C1=C(c2ccc(OC)c(OC)c2)C(=O)N(CC)C1=O. The minimum atomic E-state index is -0.285. The van der Waals surface area contributed by atoms with Gasteiger partial charge in [-0.25, -0.2) is 0 Å². The lowest BCUT2D eigenvalue weighted by atomic mass is 10.0. The summed E-state index contributed by atoms with van der Waals surface area (Å²) in [6.45, 7) is 5.33. The second-order valence-electron chi connectivity index (χ2n) is 6.83. The molecule has 2 aromatic rings. The average Bonchev–Trinajstić information content (AvgIpc) is 3.03. The molecule has 0 atom stereocenters. The molecule has 1 aromatic carbocycles. The lowest BCUT2D eigenvalue weighted by Gasteiger charge is -2.24. The fourth-order valence-corrected chi connectivity index (χ4v) is 3.64. The first-order valence-electron chi connectivity index (χ1n) is 10.0. The first-order valence-corrected chi connectivity index (χ1v) is 10.0. The van der Waals surface area contributed by atoms with Gasteiger partial charge in [-0.1, -0.05) is 6.07 Å². The van der Waals surface area contributed by atoms with Gasteiger partial charge < -0.3 is 14.4 Å². The molecular weight excluding hydrogens is 382 g/mol. The van der Waals surface area contributed by atoms with Crippen molar-refractivity contribution in [3.8, 4) is 11.5 Å². The molecule has 2 amide bonds. The zero-order chi connectivity index (χ0) is 21.7. The number of carbonyl (C=O) groups excluding carboxylic acids is 2. The summed E-state index contributed by atoms with van der Waals surface area (Å²) in [6, 6.07) is 9.19. The number of hydrogen-bond donors (Lipinski definition) is 0. The summed E-state index contributed by atoms with van der Waals surface area (Å²) in [5.41, 5.74) is 2.60. The van der Waals surface area contributed by atoms with Crippen LogP contribution in [-0.4, -0.2) is 60.5 Å². The summed E-state index contributed by atoms with van der Waals surface area (Å²) in [4.78, 5) is 33.6. The van der Waals surface area contributed by atoms with Gasteiger partial charge in [0.2, 0.25) is 0 Å². The van der Waals surface area contributed by atoms with Gasteiger partial charge in [0.15, 0.2) is 11.5 Å². The number of amides is 2. The zero-order valence-corrected chi connectivity index (χ0v) is 17.8. The van der Waals surface area contributed by atoms with Crippen molar-refractivity contribution in [2.24, 2.45) is 0 Å². The maximum Gasteiger partial charge on any atom is 0.277 e. The second kappa shape index (κ2) is 9.43. The molecule has 0 spiro atoms. The van der Waals surface area contributed by atoms with E-state index in [-0.39, 0.29) is 11.8 Å². The van der Waals surface area contributed by atoms with E-state index in [1.165, 1.54) is 4.90 Å². The van der Waals surface area contributed by atoms with Gasteiger partial charge in [-0.3, -0.25) is 19.5 Å². The van der Waals surface area contributed by atoms with E-state index in [0.717, 1.165) is 12.0 Å². The molecule has 3 rings (SSSR count). The highest BCUT2D eigenvalue weighted by atomic mass is 16.5. The summed E-state index contributed by atoms with van der Waals surface area (Å²) in [5.74, 6) is 0.533. The quantitative estimate of drug-likeness (QED) is 0.593. The Balaban J connectivity index is 2.04. The number of methoxy groups -OCH3 is 2. The monoisotopic (exact) mass is 409 g/mol. The molecular formula is C23H27N3O4. The van der Waals surface area contributed by atoms with Crippen LogP contribution in [0.25, 0.3) is 5.57 Å². The van der Waals surface area contributed by atoms with Gasteiger partial charge in [0.05, 0.1) is 19.8 Å². The van der Waals surface area contributed by atoms with E-state index in [1.807, 2.05) is 24.0 Å². The number of hydrogen-bond acceptors (Lipinski definition) is 6. The molecule has 2 heterocycles. The molecule has 7 nitrogen and oxygen atoms in total. The number of rotatable bonds is 9. The predicted octanol–water partition coefficient (Wildman–Crippen LogP) is 2.76. The van der Waals surface area contributed by atoms with E-state index < -0.39 is 0 Å². The van der Waals surface area contributed by atoms with Gasteiger partial charge in [0.25, 0.3) is 11.8 Å². The Morgan fingerprint density at radius 3 is 2.27 bits per heavy atom. The van der Waals surface area contributed by atoms with Crippen LogP contribution < -0.4 is 9.47 Å². The fraction of sp³-hybridized carbons (Fsp3) is 0.348. The number of ether oxygens (including phenoxy) is 2. The van der Waals surface area contributed by atoms with E-state index in [1.54, 1.807) is 51.7 Å². The van der Waals surface area contributed by atoms with Gasteiger partial charge in [-0.15, -0.1) is 0 Å². The molecule has 1 aromatic heterocycles. The molecule has 0 saturated heterocycles. The number of pyridine rings is 1. The number of likely N-dealkylation sites (N-methyl/N-ethyl adjacent to an activating group) is 2. The van der Waals surface area contributed by atoms with Crippen LogP contribution in [0.5, 0.6) is 11.5 Å². The van der Waals surface area contributed by atoms with Crippen LogP contribution in [0.1, 0.15) is 25.0 Å². The van der Waals surface area contributed by atoms with E-state index in [9.17, 15) is 9.59 Å². The van der Waals surface area contributed by atoms with Crippen molar-refractivity contribution in [1.29, 1.82) is 0 Å². The van der Waals surface area contributed by atoms with Gasteiger partial charge >= 0.3 is 0 Å². The van der Waals surface area contributed by atoms with Crippen LogP contribution in [0.3, 0.4) is 0 Å². The summed E-state index contributed by atoms with van der Waals surface area (Å²) in [6.07, 6.45) is 4.25. The van der Waals surface area contributed by atoms with Crippen molar-refractivity contribution in [2.75, 3.05) is 33.9 Å².